The summed E-state index contributed by atoms with van der Waals surface area (Å²) in [5.41, 5.74) is 0. The third-order valence-corrected chi connectivity index (χ3v) is 22.8. The molecule has 0 heterocycles. The molecule has 0 aromatic heterocycles. The van der Waals surface area contributed by atoms with Gasteiger partial charge in [-0.05, 0) is 116 Å². The summed E-state index contributed by atoms with van der Waals surface area (Å²) < 4.78 is 61.5. The molecule has 0 saturated carbocycles. The Morgan fingerprint density at radius 3 is 0.706 bits per heavy atom. The van der Waals surface area contributed by atoms with Crippen molar-refractivity contribution in [1.29, 1.82) is 0 Å². The van der Waals surface area contributed by atoms with Crippen molar-refractivity contribution in [1.82, 2.24) is 0 Å². The van der Waals surface area contributed by atoms with Crippen LogP contribution in [0.15, 0.2) is 134 Å². The highest BCUT2D eigenvalue weighted by atomic mass is 31.2. The minimum absolute atomic E-state index is 0.110. The molecule has 0 bridgehead atoms. The zero-order valence-corrected chi connectivity index (χ0v) is 77.8. The molecule has 0 spiro atoms. The van der Waals surface area contributed by atoms with Gasteiger partial charge in [-0.25, -0.2) is 9.13 Å². The summed E-state index contributed by atoms with van der Waals surface area (Å²) >= 11 is 0. The number of hydrogen-bond acceptors (Lipinski definition) is 14. The van der Waals surface area contributed by atoms with Gasteiger partial charge in [0.2, 0.25) is 0 Å². The molecule has 0 aromatic carbocycles. The molecule has 0 rings (SSSR count). The van der Waals surface area contributed by atoms with E-state index in [4.69, 9.17) is 32.3 Å². The minimum atomic E-state index is -4.93. The van der Waals surface area contributed by atoms with Crippen LogP contribution in [0.4, 0.5) is 0 Å². The molecule has 0 radical (unpaired) electrons. The van der Waals surface area contributed by atoms with Gasteiger partial charge >= 0.3 is 33.6 Å². The molecule has 5 atom stereocenters. The van der Waals surface area contributed by atoms with Crippen molar-refractivity contribution >= 4 is 33.6 Å². The molecule has 0 saturated heterocycles. The summed E-state index contributed by atoms with van der Waals surface area (Å²) in [6, 6.07) is 0. The van der Waals surface area contributed by atoms with Crippen LogP contribution < -0.4 is 0 Å². The van der Waals surface area contributed by atoms with Gasteiger partial charge in [0.25, 0.3) is 0 Å². The molecule has 0 amide bonds. The summed E-state index contributed by atoms with van der Waals surface area (Å²) in [6.07, 6.45) is 117. The average Bonchev–Trinajstić information content (AvgIpc) is 0.898. The summed E-state index contributed by atoms with van der Waals surface area (Å²) in [4.78, 5) is 59.0. The third kappa shape index (κ3) is 94.2. The van der Waals surface area contributed by atoms with Crippen LogP contribution in [0, 0.1) is 0 Å². The zero-order valence-electron chi connectivity index (χ0n) is 76.0. The van der Waals surface area contributed by atoms with E-state index in [0.29, 0.717) is 19.3 Å². The number of aliphatic hydroxyl groups is 2. The van der Waals surface area contributed by atoms with Crippen molar-refractivity contribution in [3.63, 3.8) is 0 Å². The van der Waals surface area contributed by atoms with Crippen LogP contribution in [0.5, 0.6) is 0 Å². The normalized spacial score (nSPS) is 14.3. The van der Waals surface area contributed by atoms with Crippen LogP contribution in [0.25, 0.3) is 0 Å². The van der Waals surface area contributed by atoms with Gasteiger partial charge in [-0.2, -0.15) is 0 Å². The van der Waals surface area contributed by atoms with E-state index in [2.05, 4.69) is 154 Å². The van der Waals surface area contributed by atoms with Gasteiger partial charge in [0, 0.05) is 19.3 Å². The number of allylic oxidation sites excluding steroid dienone is 22. The maximum Gasteiger partial charge on any atom is 0.472 e. The molecule has 18 heteroatoms. The molecule has 0 aromatic rings. The molecule has 0 aliphatic rings. The van der Waals surface area contributed by atoms with E-state index in [-0.39, 0.29) is 19.3 Å². The first kappa shape index (κ1) is 115. The van der Waals surface area contributed by atoms with Gasteiger partial charge in [0.15, 0.2) is 6.10 Å². The van der Waals surface area contributed by atoms with Gasteiger partial charge in [-0.1, -0.05) is 431 Å². The number of phosphoric ester groups is 2. The van der Waals surface area contributed by atoms with Crippen molar-refractivity contribution in [3.8, 4) is 0 Å². The highest BCUT2D eigenvalue weighted by Gasteiger charge is 2.30. The quantitative estimate of drug-likeness (QED) is 0.0146. The number of ether oxygens (including phenoxy) is 3. The molecule has 5 unspecified atom stereocenters. The maximum absolute atomic E-state index is 13.0. The van der Waals surface area contributed by atoms with Crippen LogP contribution in [-0.2, 0) is 55.8 Å². The first-order valence-corrected chi connectivity index (χ1v) is 51.5. The number of aliphatic hydroxyl groups excluding tert-OH is 2. The zero-order chi connectivity index (χ0) is 86.5. The van der Waals surface area contributed by atoms with Crippen molar-refractivity contribution in [2.45, 2.75) is 450 Å². The fraction of sp³-hybridized carbons (Fsp3) is 0.752. The molecule has 16 nitrogen and oxygen atoms in total. The number of carbonyl (C=O) groups excluding carboxylic acids is 3. The minimum Gasteiger partial charge on any atom is -0.463 e. The average molecular weight is 1710 g/mol. The Kier molecular flexibility index (Phi) is 89.5. The van der Waals surface area contributed by atoms with E-state index in [1.54, 1.807) is 0 Å². The lowest BCUT2D eigenvalue weighted by Gasteiger charge is -2.21. The largest absolute Gasteiger partial charge is 0.472 e. The molecule has 0 fully saturated rings. The number of phosphoric acid groups is 2. The number of hydrogen-bond donors (Lipinski definition) is 4. The van der Waals surface area contributed by atoms with E-state index in [0.717, 1.165) is 135 Å². The predicted octanol–water partition coefficient (Wildman–Crippen LogP) is 30.1. The number of unbranched alkanes of at least 4 members (excludes halogenated alkanes) is 47. The monoisotopic (exact) mass is 1710 g/mol. The fourth-order valence-corrected chi connectivity index (χ4v) is 15.2. The fourth-order valence-electron chi connectivity index (χ4n) is 13.6. The van der Waals surface area contributed by atoms with Crippen LogP contribution in [0.3, 0.4) is 0 Å². The Morgan fingerprint density at radius 1 is 0.244 bits per heavy atom. The van der Waals surface area contributed by atoms with E-state index < -0.39 is 91.5 Å². The van der Waals surface area contributed by atoms with E-state index in [1.807, 2.05) is 0 Å². The summed E-state index contributed by atoms with van der Waals surface area (Å²) in [5, 5.41) is 20.7. The Balaban J connectivity index is 4.40. The number of esters is 3. The highest BCUT2D eigenvalue weighted by Crippen LogP contribution is 2.45. The van der Waals surface area contributed by atoms with Crippen LogP contribution in [0.2, 0.25) is 0 Å². The number of rotatable bonds is 92. The standard InChI is InChI=1S/C101H178O16P2/c1-4-7-10-13-16-19-22-25-28-30-32-34-36-38-40-42-44-46-47-49-51-52-54-56-58-60-62-64-67-69-72-75-78-81-84-87-99(104)111-90-96(102)91-113-118(107,108)114-92-97(103)93-115-119(109,110)116-95-98(117-101(106)89-86-83-80-77-74-71-66-27-24-21-18-15-12-9-6-3)94-112-100(105)88-85-82-79-76-73-70-68-65-63-61-59-57-55-53-50-48-45-43-41-39-37-35-33-31-29-26-23-20-17-14-11-8-5-2/h7-8,10-11,16-17,19-20,25-26,28-29,32-35,38-41,44,46,96-98,102-103H,4-6,9,12-15,18,21-24,27,30-31,36-37,42-43,45,47-95H2,1-3H3,(H,107,108)(H,109,110)/b10-7-,11-8-,19-16-,20-17-,28-25-,29-26-,34-32-,35-33-,40-38-,41-39-,46-44-. The van der Waals surface area contributed by atoms with Gasteiger partial charge in [-0.15, -0.1) is 0 Å². The van der Waals surface area contributed by atoms with Crippen molar-refractivity contribution in [3.05, 3.63) is 134 Å². The van der Waals surface area contributed by atoms with Gasteiger partial charge < -0.3 is 34.2 Å². The molecule has 0 aliphatic carbocycles. The van der Waals surface area contributed by atoms with Crippen molar-refractivity contribution in [2.75, 3.05) is 39.6 Å². The van der Waals surface area contributed by atoms with Gasteiger partial charge in [0.1, 0.15) is 25.4 Å². The van der Waals surface area contributed by atoms with E-state index >= 15 is 0 Å². The number of carbonyl (C=O) groups is 3. The molecule has 688 valence electrons. The Bertz CT molecular complexity index is 2690. The third-order valence-electron chi connectivity index (χ3n) is 20.9. The van der Waals surface area contributed by atoms with Crippen LogP contribution in [0.1, 0.15) is 432 Å². The second-order valence-corrected chi connectivity index (χ2v) is 35.4. The Hall–Kier alpha value is -4.31. The summed E-state index contributed by atoms with van der Waals surface area (Å²) in [5.74, 6) is -1.55. The lowest BCUT2D eigenvalue weighted by molar-refractivity contribution is -0.161. The molecule has 119 heavy (non-hydrogen) atoms. The van der Waals surface area contributed by atoms with E-state index in [9.17, 15) is 43.5 Å². The lowest BCUT2D eigenvalue weighted by Crippen LogP contribution is -2.30. The smallest absolute Gasteiger partial charge is 0.463 e. The first-order chi connectivity index (χ1) is 58.2. The van der Waals surface area contributed by atoms with Crippen LogP contribution >= 0.6 is 15.6 Å². The van der Waals surface area contributed by atoms with Gasteiger partial charge in [0.05, 0.1) is 26.4 Å². The molecular weight excluding hydrogens is 1530 g/mol. The first-order valence-electron chi connectivity index (χ1n) is 48.5. The SMILES string of the molecule is CC/C=C\C/C=C\C/C=C\C/C=C\C/C=C\C/C=C\CCCCCCCCCCCCCCCCCCC(=O)OCC(O)COP(=O)(O)OCC(O)COP(=O)(O)OCC(COC(=O)CCCCCCCCCCCCCCCCCCC/C=C\C/C=C\C/C=C\C/C=C\C/C=C\CC)OC(=O)CCCCCCCCCCCCCCCCC. The molecule has 0 aliphatic heterocycles. The lowest BCUT2D eigenvalue weighted by atomic mass is 10.0. The molecule has 4 N–H and O–H groups in total. The van der Waals surface area contributed by atoms with Crippen LogP contribution in [-0.4, -0.2) is 95.9 Å². The predicted molar refractivity (Wildman–Crippen MR) is 500 cm³/mol. The second kappa shape index (κ2) is 92.9. The molecular formula is C101H178O16P2. The Labute approximate surface area is 728 Å². The summed E-state index contributed by atoms with van der Waals surface area (Å²) in [7, 11) is -9.79. The maximum atomic E-state index is 13.0. The highest BCUT2D eigenvalue weighted by molar-refractivity contribution is 7.47. The Morgan fingerprint density at radius 2 is 0.445 bits per heavy atom. The topological polar surface area (TPSA) is 231 Å². The van der Waals surface area contributed by atoms with E-state index in [1.165, 1.54) is 238 Å². The van der Waals surface area contributed by atoms with Crippen molar-refractivity contribution < 1.29 is 75.8 Å². The van der Waals surface area contributed by atoms with Gasteiger partial charge in [-0.3, -0.25) is 32.5 Å². The second-order valence-electron chi connectivity index (χ2n) is 32.5. The summed E-state index contributed by atoms with van der Waals surface area (Å²) in [6.45, 7) is 2.54. The van der Waals surface area contributed by atoms with Crippen molar-refractivity contribution in [2.24, 2.45) is 0 Å².